The first kappa shape index (κ1) is 12.3. The largest absolute Gasteiger partial charge is 0.384 e. The summed E-state index contributed by atoms with van der Waals surface area (Å²) in [4.78, 5) is 20.4. The molecule has 0 bridgehead atoms. The number of hydrogen-bond donors (Lipinski definition) is 2. The van der Waals surface area contributed by atoms with Gasteiger partial charge in [-0.15, -0.1) is 0 Å². The van der Waals surface area contributed by atoms with Crippen LogP contribution in [0.1, 0.15) is 15.4 Å². The van der Waals surface area contributed by atoms with Crippen molar-refractivity contribution in [2.45, 2.75) is 0 Å². The number of amides is 1. The summed E-state index contributed by atoms with van der Waals surface area (Å²) in [5.41, 5.74) is 0.329. The normalized spacial score (nSPS) is 9.67. The van der Waals surface area contributed by atoms with Crippen molar-refractivity contribution in [2.24, 2.45) is 7.05 Å². The number of carbonyl (C=O) groups excluding carboxylic acids is 1. The standard InChI is InChI=1S/C11H10N4O2S/c1-15-6-9(13-7-15)10(17)14-11-12-5-8(18-11)3-2-4-16/h5-7,16H,4H2,1H3,(H,12,14,17). The molecule has 0 spiro atoms. The quantitative estimate of drug-likeness (QED) is 0.771. The number of hydrogen-bond acceptors (Lipinski definition) is 5. The van der Waals surface area contributed by atoms with Gasteiger partial charge in [0.15, 0.2) is 5.13 Å². The van der Waals surface area contributed by atoms with E-state index in [-0.39, 0.29) is 12.5 Å². The Kier molecular flexibility index (Phi) is 3.72. The molecule has 0 radical (unpaired) electrons. The zero-order valence-corrected chi connectivity index (χ0v) is 10.4. The molecule has 2 N–H and O–H groups in total. The maximum atomic E-state index is 11.8. The molecule has 2 aromatic heterocycles. The molecule has 18 heavy (non-hydrogen) atoms. The second kappa shape index (κ2) is 5.44. The molecule has 0 aliphatic rings. The number of aryl methyl sites for hydroxylation is 1. The number of rotatable bonds is 2. The molecule has 2 rings (SSSR count). The zero-order chi connectivity index (χ0) is 13.0. The Bertz CT molecular complexity index is 620. The third kappa shape index (κ3) is 2.94. The van der Waals surface area contributed by atoms with Crippen LogP contribution in [0.2, 0.25) is 0 Å². The Balaban J connectivity index is 2.05. The minimum Gasteiger partial charge on any atom is -0.384 e. The van der Waals surface area contributed by atoms with Crippen molar-refractivity contribution in [3.63, 3.8) is 0 Å². The van der Waals surface area contributed by atoms with Crippen LogP contribution in [0.25, 0.3) is 0 Å². The summed E-state index contributed by atoms with van der Waals surface area (Å²) in [5.74, 6) is 4.92. The Morgan fingerprint density at radius 3 is 3.11 bits per heavy atom. The summed E-state index contributed by atoms with van der Waals surface area (Å²) in [7, 11) is 1.79. The van der Waals surface area contributed by atoms with Crippen molar-refractivity contribution in [1.29, 1.82) is 0 Å². The Hall–Kier alpha value is -2.17. The van der Waals surface area contributed by atoms with Gasteiger partial charge in [0.25, 0.3) is 5.91 Å². The molecular formula is C11H10N4O2S. The highest BCUT2D eigenvalue weighted by molar-refractivity contribution is 7.16. The van der Waals surface area contributed by atoms with Crippen molar-refractivity contribution < 1.29 is 9.90 Å². The number of aliphatic hydroxyl groups is 1. The van der Waals surface area contributed by atoms with Gasteiger partial charge >= 0.3 is 0 Å². The van der Waals surface area contributed by atoms with E-state index in [2.05, 4.69) is 27.1 Å². The zero-order valence-electron chi connectivity index (χ0n) is 9.54. The van der Waals surface area contributed by atoms with Gasteiger partial charge in [-0.3, -0.25) is 10.1 Å². The van der Waals surface area contributed by atoms with Gasteiger partial charge in [0.05, 0.1) is 17.4 Å². The third-order valence-electron chi connectivity index (χ3n) is 1.95. The predicted octanol–water partition coefficient (Wildman–Crippen LogP) is 0.473. The molecule has 7 heteroatoms. The van der Waals surface area contributed by atoms with Crippen LogP contribution >= 0.6 is 11.3 Å². The second-order valence-corrected chi connectivity index (χ2v) is 4.40. The first-order valence-electron chi connectivity index (χ1n) is 5.04. The summed E-state index contributed by atoms with van der Waals surface area (Å²) in [6.07, 6.45) is 4.71. The van der Waals surface area contributed by atoms with Crippen LogP contribution in [-0.4, -0.2) is 32.2 Å². The molecule has 92 valence electrons. The molecule has 0 fully saturated rings. The SMILES string of the molecule is Cn1cnc(C(=O)Nc2ncc(C#CCO)s2)c1. The van der Waals surface area contributed by atoms with Crippen LogP contribution in [0.5, 0.6) is 0 Å². The van der Waals surface area contributed by atoms with Crippen LogP contribution in [0.15, 0.2) is 18.7 Å². The summed E-state index contributed by atoms with van der Waals surface area (Å²) in [5, 5.41) is 11.6. The molecule has 0 aromatic carbocycles. The van der Waals surface area contributed by atoms with E-state index >= 15 is 0 Å². The first-order valence-corrected chi connectivity index (χ1v) is 5.85. The number of nitrogens with zero attached hydrogens (tertiary/aromatic N) is 3. The fraction of sp³-hybridized carbons (Fsp3) is 0.182. The predicted molar refractivity (Wildman–Crippen MR) is 67.2 cm³/mol. The van der Waals surface area contributed by atoms with E-state index < -0.39 is 0 Å². The summed E-state index contributed by atoms with van der Waals surface area (Å²) in [6.45, 7) is -0.201. The molecule has 2 heterocycles. The van der Waals surface area contributed by atoms with Gasteiger partial charge in [-0.25, -0.2) is 9.97 Å². The van der Waals surface area contributed by atoms with Crippen LogP contribution in [0.4, 0.5) is 5.13 Å². The Morgan fingerprint density at radius 1 is 1.61 bits per heavy atom. The van der Waals surface area contributed by atoms with Crippen molar-refractivity contribution in [2.75, 3.05) is 11.9 Å². The van der Waals surface area contributed by atoms with Crippen molar-refractivity contribution in [3.05, 3.63) is 29.3 Å². The second-order valence-electron chi connectivity index (χ2n) is 3.37. The number of carbonyl (C=O) groups is 1. The number of anilines is 1. The maximum absolute atomic E-state index is 11.8. The fourth-order valence-corrected chi connectivity index (χ4v) is 1.89. The lowest BCUT2D eigenvalue weighted by Gasteiger charge is -1.96. The van der Waals surface area contributed by atoms with E-state index in [4.69, 9.17) is 5.11 Å². The van der Waals surface area contributed by atoms with Crippen molar-refractivity contribution in [3.8, 4) is 11.8 Å². The van der Waals surface area contributed by atoms with Crippen LogP contribution < -0.4 is 5.32 Å². The topological polar surface area (TPSA) is 80.0 Å². The van der Waals surface area contributed by atoms with Gasteiger partial charge in [-0.1, -0.05) is 23.2 Å². The number of aliphatic hydroxyl groups excluding tert-OH is 1. The smallest absolute Gasteiger partial charge is 0.277 e. The lowest BCUT2D eigenvalue weighted by molar-refractivity contribution is 0.102. The van der Waals surface area contributed by atoms with Gasteiger partial charge in [0.2, 0.25) is 0 Å². The average molecular weight is 262 g/mol. The minimum atomic E-state index is -0.313. The van der Waals surface area contributed by atoms with Gasteiger partial charge in [0, 0.05) is 13.2 Å². The molecule has 0 saturated carbocycles. The highest BCUT2D eigenvalue weighted by atomic mass is 32.1. The average Bonchev–Trinajstić information content (AvgIpc) is 2.96. The molecule has 2 aromatic rings. The highest BCUT2D eigenvalue weighted by Gasteiger charge is 2.10. The summed E-state index contributed by atoms with van der Waals surface area (Å²) < 4.78 is 1.69. The fourth-order valence-electron chi connectivity index (χ4n) is 1.21. The van der Waals surface area contributed by atoms with Gasteiger partial charge < -0.3 is 9.67 Å². The molecule has 1 amide bonds. The number of aromatic nitrogens is 3. The van der Waals surface area contributed by atoms with Gasteiger partial charge in [0.1, 0.15) is 12.3 Å². The van der Waals surface area contributed by atoms with Crippen molar-refractivity contribution in [1.82, 2.24) is 14.5 Å². The van der Waals surface area contributed by atoms with Crippen molar-refractivity contribution >= 4 is 22.4 Å². The molecule has 6 nitrogen and oxygen atoms in total. The van der Waals surface area contributed by atoms with Gasteiger partial charge in [-0.2, -0.15) is 0 Å². The van der Waals surface area contributed by atoms with Crippen LogP contribution in [-0.2, 0) is 7.05 Å². The summed E-state index contributed by atoms with van der Waals surface area (Å²) in [6, 6.07) is 0. The Morgan fingerprint density at radius 2 is 2.44 bits per heavy atom. The number of imidazole rings is 1. The first-order chi connectivity index (χ1) is 8.69. The van der Waals surface area contributed by atoms with E-state index in [1.165, 1.54) is 11.3 Å². The monoisotopic (exact) mass is 262 g/mol. The van der Waals surface area contributed by atoms with Crippen LogP contribution in [0, 0.1) is 11.8 Å². The molecule has 0 unspecified atom stereocenters. The maximum Gasteiger partial charge on any atom is 0.277 e. The molecule has 0 atom stereocenters. The van der Waals surface area contributed by atoms with E-state index in [0.29, 0.717) is 15.7 Å². The van der Waals surface area contributed by atoms with E-state index in [0.717, 1.165) is 0 Å². The van der Waals surface area contributed by atoms with Crippen LogP contribution in [0.3, 0.4) is 0 Å². The van der Waals surface area contributed by atoms with E-state index in [1.807, 2.05) is 0 Å². The molecular weight excluding hydrogens is 252 g/mol. The highest BCUT2D eigenvalue weighted by Crippen LogP contribution is 2.17. The lowest BCUT2D eigenvalue weighted by Crippen LogP contribution is -2.11. The summed E-state index contributed by atoms with van der Waals surface area (Å²) >= 11 is 1.24. The van der Waals surface area contributed by atoms with Gasteiger partial charge in [-0.05, 0) is 0 Å². The molecule has 0 saturated heterocycles. The Labute approximate surface area is 107 Å². The van der Waals surface area contributed by atoms with E-state index in [1.54, 1.807) is 30.3 Å². The minimum absolute atomic E-state index is 0.201. The third-order valence-corrected chi connectivity index (χ3v) is 2.78. The molecule has 0 aliphatic heterocycles. The number of thiazole rings is 1. The van der Waals surface area contributed by atoms with E-state index in [9.17, 15) is 4.79 Å². The number of nitrogens with one attached hydrogen (secondary N) is 1. The molecule has 0 aliphatic carbocycles. The lowest BCUT2D eigenvalue weighted by atomic mass is 10.4.